The zero-order valence-electron chi connectivity index (χ0n) is 7.62. The third-order valence-electron chi connectivity index (χ3n) is 1.93. The number of hydrogen-bond donors (Lipinski definition) is 1. The Labute approximate surface area is 91.7 Å². The molecular weight excluding hydrogens is 216 g/mol. The summed E-state index contributed by atoms with van der Waals surface area (Å²) in [5.41, 5.74) is 1.95. The molecule has 1 aromatic carbocycles. The van der Waals surface area contributed by atoms with Gasteiger partial charge in [-0.2, -0.15) is 5.10 Å². The van der Waals surface area contributed by atoms with Gasteiger partial charge < -0.3 is 0 Å². The van der Waals surface area contributed by atoms with Gasteiger partial charge in [-0.1, -0.05) is 29.8 Å². The van der Waals surface area contributed by atoms with Gasteiger partial charge in [0.15, 0.2) is 0 Å². The van der Waals surface area contributed by atoms with Gasteiger partial charge in [0.1, 0.15) is 5.03 Å². The first-order valence-corrected chi connectivity index (χ1v) is 5.76. The standard InChI is InChI=1S/C10H9ClN2S/c1-14-10-6-9(12-13-10)7-4-2-3-5-8(7)11/h2-6H,1H3,(H,12,13). The summed E-state index contributed by atoms with van der Waals surface area (Å²) in [6.45, 7) is 0. The summed E-state index contributed by atoms with van der Waals surface area (Å²) in [4.78, 5) is 0. The largest absolute Gasteiger partial charge is 0.277 e. The summed E-state index contributed by atoms with van der Waals surface area (Å²) in [7, 11) is 0. The Morgan fingerprint density at radius 3 is 2.79 bits per heavy atom. The third-order valence-corrected chi connectivity index (χ3v) is 2.88. The normalized spacial score (nSPS) is 10.4. The molecule has 4 heteroatoms. The molecule has 72 valence electrons. The molecule has 14 heavy (non-hydrogen) atoms. The fourth-order valence-electron chi connectivity index (χ4n) is 1.23. The molecular formula is C10H9ClN2S. The lowest BCUT2D eigenvalue weighted by Crippen LogP contribution is -1.78. The van der Waals surface area contributed by atoms with Crippen LogP contribution in [0.1, 0.15) is 0 Å². The second kappa shape index (κ2) is 4.07. The zero-order valence-corrected chi connectivity index (χ0v) is 9.19. The number of hydrogen-bond acceptors (Lipinski definition) is 2. The van der Waals surface area contributed by atoms with Gasteiger partial charge in [0, 0.05) is 10.6 Å². The number of nitrogens with one attached hydrogen (secondary N) is 1. The number of halogens is 1. The quantitative estimate of drug-likeness (QED) is 0.792. The molecule has 0 aliphatic rings. The molecule has 2 aromatic rings. The van der Waals surface area contributed by atoms with Crippen molar-refractivity contribution in [2.45, 2.75) is 5.03 Å². The van der Waals surface area contributed by atoms with E-state index in [-0.39, 0.29) is 0 Å². The van der Waals surface area contributed by atoms with Crippen LogP contribution >= 0.6 is 23.4 Å². The molecule has 1 N–H and O–H groups in total. The lowest BCUT2D eigenvalue weighted by atomic mass is 10.2. The van der Waals surface area contributed by atoms with Crippen molar-refractivity contribution in [3.8, 4) is 11.3 Å². The molecule has 0 fully saturated rings. The van der Waals surface area contributed by atoms with Gasteiger partial charge >= 0.3 is 0 Å². The molecule has 0 saturated heterocycles. The van der Waals surface area contributed by atoms with Crippen LogP contribution in [0.15, 0.2) is 35.4 Å². The average Bonchev–Trinajstić information content (AvgIpc) is 2.67. The maximum atomic E-state index is 6.06. The van der Waals surface area contributed by atoms with Gasteiger partial charge in [-0.15, -0.1) is 11.8 Å². The van der Waals surface area contributed by atoms with Crippen LogP contribution in [0.2, 0.25) is 5.02 Å². The van der Waals surface area contributed by atoms with E-state index in [4.69, 9.17) is 11.6 Å². The number of nitrogens with zero attached hydrogens (tertiary/aromatic N) is 1. The first kappa shape index (κ1) is 9.62. The van der Waals surface area contributed by atoms with E-state index >= 15 is 0 Å². The Morgan fingerprint density at radius 1 is 1.36 bits per heavy atom. The van der Waals surface area contributed by atoms with Crippen LogP contribution in [0, 0.1) is 0 Å². The summed E-state index contributed by atoms with van der Waals surface area (Å²) in [6, 6.07) is 9.71. The predicted octanol–water partition coefficient (Wildman–Crippen LogP) is 3.45. The molecule has 1 heterocycles. The molecule has 0 amide bonds. The lowest BCUT2D eigenvalue weighted by Gasteiger charge is -1.98. The molecule has 0 spiro atoms. The van der Waals surface area contributed by atoms with Crippen LogP contribution in [-0.4, -0.2) is 16.5 Å². The number of rotatable bonds is 2. The first-order chi connectivity index (χ1) is 6.81. The van der Waals surface area contributed by atoms with Crippen molar-refractivity contribution in [1.82, 2.24) is 10.2 Å². The van der Waals surface area contributed by atoms with Crippen LogP contribution in [0.5, 0.6) is 0 Å². The second-order valence-electron chi connectivity index (χ2n) is 2.80. The molecule has 1 aromatic heterocycles. The molecule has 0 bridgehead atoms. The van der Waals surface area contributed by atoms with Gasteiger partial charge in [-0.25, -0.2) is 0 Å². The van der Waals surface area contributed by atoms with Gasteiger partial charge in [0.25, 0.3) is 0 Å². The van der Waals surface area contributed by atoms with E-state index in [1.807, 2.05) is 36.6 Å². The van der Waals surface area contributed by atoms with Crippen molar-refractivity contribution in [3.63, 3.8) is 0 Å². The van der Waals surface area contributed by atoms with Gasteiger partial charge in [0.2, 0.25) is 0 Å². The van der Waals surface area contributed by atoms with Crippen molar-refractivity contribution in [2.75, 3.05) is 6.26 Å². The van der Waals surface area contributed by atoms with E-state index in [9.17, 15) is 0 Å². The monoisotopic (exact) mass is 224 g/mol. The maximum Gasteiger partial charge on any atom is 0.118 e. The minimum absolute atomic E-state index is 0.740. The fraction of sp³-hybridized carbons (Fsp3) is 0.100. The Kier molecular flexibility index (Phi) is 2.79. The highest BCUT2D eigenvalue weighted by Crippen LogP contribution is 2.27. The molecule has 2 rings (SSSR count). The molecule has 0 aliphatic heterocycles. The maximum absolute atomic E-state index is 6.06. The minimum atomic E-state index is 0.740. The van der Waals surface area contributed by atoms with Crippen molar-refractivity contribution in [2.24, 2.45) is 0 Å². The van der Waals surface area contributed by atoms with Crippen LogP contribution in [0.3, 0.4) is 0 Å². The van der Waals surface area contributed by atoms with E-state index in [0.717, 1.165) is 21.3 Å². The summed E-state index contributed by atoms with van der Waals surface area (Å²) in [5, 5.41) is 8.80. The third kappa shape index (κ3) is 1.79. The Balaban J connectivity index is 2.44. The van der Waals surface area contributed by atoms with E-state index in [1.54, 1.807) is 11.8 Å². The highest BCUT2D eigenvalue weighted by molar-refractivity contribution is 7.98. The molecule has 0 atom stereocenters. The summed E-state index contributed by atoms with van der Waals surface area (Å²) < 4.78 is 0. The predicted molar refractivity (Wildman–Crippen MR) is 60.8 cm³/mol. The highest BCUT2D eigenvalue weighted by atomic mass is 35.5. The van der Waals surface area contributed by atoms with E-state index in [1.165, 1.54) is 0 Å². The van der Waals surface area contributed by atoms with Crippen LogP contribution < -0.4 is 0 Å². The SMILES string of the molecule is CSc1cc(-c2ccccc2Cl)[nH]n1. The van der Waals surface area contributed by atoms with E-state index in [0.29, 0.717) is 0 Å². The zero-order chi connectivity index (χ0) is 9.97. The summed E-state index contributed by atoms with van der Waals surface area (Å²) in [6.07, 6.45) is 1.99. The van der Waals surface area contributed by atoms with Gasteiger partial charge in [-0.05, 0) is 18.4 Å². The highest BCUT2D eigenvalue weighted by Gasteiger charge is 2.05. The topological polar surface area (TPSA) is 28.7 Å². The molecule has 0 radical (unpaired) electrons. The second-order valence-corrected chi connectivity index (χ2v) is 4.04. The molecule has 2 nitrogen and oxygen atoms in total. The number of benzene rings is 1. The number of thioether (sulfide) groups is 1. The lowest BCUT2D eigenvalue weighted by molar-refractivity contribution is 1.01. The summed E-state index contributed by atoms with van der Waals surface area (Å²) in [5.74, 6) is 0. The number of aromatic nitrogens is 2. The van der Waals surface area contributed by atoms with E-state index < -0.39 is 0 Å². The smallest absolute Gasteiger partial charge is 0.118 e. The van der Waals surface area contributed by atoms with Crippen LogP contribution in [0.4, 0.5) is 0 Å². The summed E-state index contributed by atoms with van der Waals surface area (Å²) >= 11 is 7.66. The minimum Gasteiger partial charge on any atom is -0.277 e. The average molecular weight is 225 g/mol. The van der Waals surface area contributed by atoms with Gasteiger partial charge in [0.05, 0.1) is 5.69 Å². The van der Waals surface area contributed by atoms with Crippen molar-refractivity contribution >= 4 is 23.4 Å². The number of H-pyrrole nitrogens is 1. The Bertz CT molecular complexity index is 439. The molecule has 0 unspecified atom stereocenters. The Morgan fingerprint density at radius 2 is 2.14 bits per heavy atom. The van der Waals surface area contributed by atoms with Crippen molar-refractivity contribution in [1.29, 1.82) is 0 Å². The van der Waals surface area contributed by atoms with Crippen molar-refractivity contribution < 1.29 is 0 Å². The molecule has 0 saturated carbocycles. The first-order valence-electron chi connectivity index (χ1n) is 4.15. The van der Waals surface area contributed by atoms with Crippen LogP contribution in [0.25, 0.3) is 11.3 Å². The van der Waals surface area contributed by atoms with Crippen molar-refractivity contribution in [3.05, 3.63) is 35.4 Å². The van der Waals surface area contributed by atoms with Crippen LogP contribution in [-0.2, 0) is 0 Å². The van der Waals surface area contributed by atoms with E-state index in [2.05, 4.69) is 10.2 Å². The number of aromatic amines is 1. The fourth-order valence-corrected chi connectivity index (χ4v) is 1.84. The van der Waals surface area contributed by atoms with Gasteiger partial charge in [-0.3, -0.25) is 5.10 Å². The Hall–Kier alpha value is -0.930. The molecule has 0 aliphatic carbocycles.